The van der Waals surface area contributed by atoms with Crippen molar-refractivity contribution in [3.8, 4) is 5.75 Å². The second kappa shape index (κ2) is 8.17. The Labute approximate surface area is 128 Å². The summed E-state index contributed by atoms with van der Waals surface area (Å²) in [6.07, 6.45) is 6.31. The molecule has 1 aliphatic carbocycles. The smallest absolute Gasteiger partial charge is 0.255 e. The maximum absolute atomic E-state index is 12.3. The zero-order valence-electron chi connectivity index (χ0n) is 12.3. The molecular formula is C16H23NO3S. The second-order valence-electron chi connectivity index (χ2n) is 5.66. The van der Waals surface area contributed by atoms with Gasteiger partial charge in [0.1, 0.15) is 5.75 Å². The molecule has 1 aromatic carbocycles. The van der Waals surface area contributed by atoms with Crippen LogP contribution in [0.15, 0.2) is 24.3 Å². The van der Waals surface area contributed by atoms with Crippen LogP contribution in [0.4, 0.5) is 0 Å². The Hall–Kier alpha value is -1.36. The molecule has 1 aliphatic rings. The molecule has 0 aromatic heterocycles. The molecule has 2 N–H and O–H groups in total. The number of nitrogens with two attached hydrogens (primary N) is 1. The van der Waals surface area contributed by atoms with E-state index < -0.39 is 16.7 Å². The summed E-state index contributed by atoms with van der Waals surface area (Å²) in [5.41, 5.74) is 6.03. The minimum Gasteiger partial charge on any atom is -0.484 e. The number of carbonyl (C=O) groups is 1. The van der Waals surface area contributed by atoms with Crippen LogP contribution in [0, 0.1) is 5.92 Å². The molecule has 21 heavy (non-hydrogen) atoms. The van der Waals surface area contributed by atoms with E-state index in [4.69, 9.17) is 10.5 Å². The summed E-state index contributed by atoms with van der Waals surface area (Å²) in [4.78, 5) is 10.7. The largest absolute Gasteiger partial charge is 0.484 e. The molecule has 1 amide bonds. The third-order valence-electron chi connectivity index (χ3n) is 3.75. The highest BCUT2D eigenvalue weighted by atomic mass is 32.2. The lowest BCUT2D eigenvalue weighted by Crippen LogP contribution is -2.20. The van der Waals surface area contributed by atoms with Gasteiger partial charge in [0.05, 0.1) is 0 Å². The number of rotatable bonds is 7. The zero-order chi connectivity index (χ0) is 15.1. The summed E-state index contributed by atoms with van der Waals surface area (Å²) < 4.78 is 17.5. The predicted molar refractivity (Wildman–Crippen MR) is 84.4 cm³/mol. The van der Waals surface area contributed by atoms with Crippen molar-refractivity contribution in [1.29, 1.82) is 0 Å². The molecule has 2 rings (SSSR count). The lowest BCUT2D eigenvalue weighted by Gasteiger charge is -2.20. The van der Waals surface area contributed by atoms with E-state index >= 15 is 0 Å². The molecule has 1 saturated carbocycles. The molecule has 0 spiro atoms. The lowest BCUT2D eigenvalue weighted by molar-refractivity contribution is -0.119. The van der Waals surface area contributed by atoms with E-state index in [0.29, 0.717) is 17.4 Å². The second-order valence-corrected chi connectivity index (χ2v) is 7.16. The topological polar surface area (TPSA) is 69.4 Å². The van der Waals surface area contributed by atoms with Crippen molar-refractivity contribution in [2.24, 2.45) is 11.7 Å². The molecule has 1 aromatic rings. The summed E-state index contributed by atoms with van der Waals surface area (Å²) in [6.45, 7) is -0.130. The Bertz CT molecular complexity index is 498. The normalized spacial score (nSPS) is 17.3. The minimum atomic E-state index is -0.837. The third-order valence-corrected chi connectivity index (χ3v) is 5.25. The quantitative estimate of drug-likeness (QED) is 0.840. The Morgan fingerprint density at radius 3 is 2.76 bits per heavy atom. The van der Waals surface area contributed by atoms with Crippen LogP contribution in [-0.2, 0) is 21.3 Å². The highest BCUT2D eigenvalue weighted by Gasteiger charge is 2.16. The van der Waals surface area contributed by atoms with Gasteiger partial charge in [0.25, 0.3) is 5.91 Å². The lowest BCUT2D eigenvalue weighted by atomic mass is 9.91. The van der Waals surface area contributed by atoms with Crippen molar-refractivity contribution in [3.63, 3.8) is 0 Å². The van der Waals surface area contributed by atoms with E-state index in [0.717, 1.165) is 11.3 Å². The van der Waals surface area contributed by atoms with Crippen LogP contribution >= 0.6 is 0 Å². The number of carbonyl (C=O) groups excluding carboxylic acids is 1. The summed E-state index contributed by atoms with van der Waals surface area (Å²) in [6, 6.07) is 7.40. The van der Waals surface area contributed by atoms with Gasteiger partial charge in [-0.1, -0.05) is 31.4 Å². The summed E-state index contributed by atoms with van der Waals surface area (Å²) in [7, 11) is -0.837. The molecule has 5 heteroatoms. The zero-order valence-corrected chi connectivity index (χ0v) is 13.1. The van der Waals surface area contributed by atoms with Crippen molar-refractivity contribution in [1.82, 2.24) is 0 Å². The fourth-order valence-corrected chi connectivity index (χ4v) is 4.27. The number of amides is 1. The standard InChI is InChI=1S/C16H23NO3S/c17-16(18)10-20-15-8-4-7-14(9-15)12-21(19)11-13-5-2-1-3-6-13/h4,7-9,13H,1-3,5-6,10-12H2,(H2,17,18). The van der Waals surface area contributed by atoms with Crippen LogP contribution in [0.5, 0.6) is 5.75 Å². The Kier molecular flexibility index (Phi) is 6.23. The molecule has 1 fully saturated rings. The fraction of sp³-hybridized carbons (Fsp3) is 0.562. The summed E-state index contributed by atoms with van der Waals surface area (Å²) in [5.74, 6) is 2.06. The van der Waals surface area contributed by atoms with E-state index in [9.17, 15) is 9.00 Å². The van der Waals surface area contributed by atoms with Gasteiger partial charge in [-0.3, -0.25) is 9.00 Å². The first-order valence-corrected chi connectivity index (χ1v) is 8.97. The monoisotopic (exact) mass is 309 g/mol. The molecule has 1 unspecified atom stereocenters. The summed E-state index contributed by atoms with van der Waals surface area (Å²) in [5, 5.41) is 0. The molecule has 0 aliphatic heterocycles. The van der Waals surface area contributed by atoms with Crippen LogP contribution in [0.25, 0.3) is 0 Å². The van der Waals surface area contributed by atoms with Crippen LogP contribution in [0.1, 0.15) is 37.7 Å². The number of primary amides is 1. The van der Waals surface area contributed by atoms with Crippen LogP contribution in [-0.4, -0.2) is 22.5 Å². The van der Waals surface area contributed by atoms with Crippen molar-refractivity contribution in [2.75, 3.05) is 12.4 Å². The van der Waals surface area contributed by atoms with Gasteiger partial charge in [-0.2, -0.15) is 0 Å². The Morgan fingerprint density at radius 2 is 2.05 bits per heavy atom. The molecule has 116 valence electrons. The average Bonchev–Trinajstić information content (AvgIpc) is 2.46. The van der Waals surface area contributed by atoms with E-state index in [2.05, 4.69) is 0 Å². The van der Waals surface area contributed by atoms with Crippen LogP contribution in [0.2, 0.25) is 0 Å². The molecule has 0 radical (unpaired) electrons. The maximum atomic E-state index is 12.3. The maximum Gasteiger partial charge on any atom is 0.255 e. The SMILES string of the molecule is NC(=O)COc1cccc(CS(=O)CC2CCCCC2)c1. The molecular weight excluding hydrogens is 286 g/mol. The van der Waals surface area contributed by atoms with Gasteiger partial charge in [0.15, 0.2) is 6.61 Å². The first-order chi connectivity index (χ1) is 10.1. The van der Waals surface area contributed by atoms with Crippen molar-refractivity contribution in [2.45, 2.75) is 37.9 Å². The highest BCUT2D eigenvalue weighted by Crippen LogP contribution is 2.25. The van der Waals surface area contributed by atoms with Gasteiger partial charge < -0.3 is 10.5 Å². The Morgan fingerprint density at radius 1 is 1.29 bits per heavy atom. The van der Waals surface area contributed by atoms with Crippen molar-refractivity contribution in [3.05, 3.63) is 29.8 Å². The minimum absolute atomic E-state index is 0.130. The van der Waals surface area contributed by atoms with Gasteiger partial charge in [-0.05, 0) is 36.5 Å². The highest BCUT2D eigenvalue weighted by molar-refractivity contribution is 7.84. The van der Waals surface area contributed by atoms with Crippen LogP contribution in [0.3, 0.4) is 0 Å². The Balaban J connectivity index is 1.85. The van der Waals surface area contributed by atoms with Gasteiger partial charge in [0.2, 0.25) is 0 Å². The molecule has 0 saturated heterocycles. The van der Waals surface area contributed by atoms with E-state index in [-0.39, 0.29) is 6.61 Å². The van der Waals surface area contributed by atoms with E-state index in [1.807, 2.05) is 18.2 Å². The number of hydrogen-bond acceptors (Lipinski definition) is 3. The predicted octanol–water partition coefficient (Wildman–Crippen LogP) is 2.38. The number of benzene rings is 1. The van der Waals surface area contributed by atoms with Gasteiger partial charge in [-0.25, -0.2) is 0 Å². The van der Waals surface area contributed by atoms with Gasteiger partial charge in [0, 0.05) is 22.3 Å². The van der Waals surface area contributed by atoms with Crippen molar-refractivity contribution >= 4 is 16.7 Å². The fourth-order valence-electron chi connectivity index (χ4n) is 2.74. The number of ether oxygens (including phenoxy) is 1. The van der Waals surface area contributed by atoms with E-state index in [1.54, 1.807) is 6.07 Å². The molecule has 4 nitrogen and oxygen atoms in total. The number of hydrogen-bond donors (Lipinski definition) is 1. The van der Waals surface area contributed by atoms with Gasteiger partial charge >= 0.3 is 0 Å². The van der Waals surface area contributed by atoms with Crippen molar-refractivity contribution < 1.29 is 13.7 Å². The van der Waals surface area contributed by atoms with Gasteiger partial charge in [-0.15, -0.1) is 0 Å². The average molecular weight is 309 g/mol. The first-order valence-electron chi connectivity index (χ1n) is 7.48. The third kappa shape index (κ3) is 5.87. The summed E-state index contributed by atoms with van der Waals surface area (Å²) >= 11 is 0. The molecule has 0 heterocycles. The molecule has 1 atom stereocenters. The molecule has 0 bridgehead atoms. The van der Waals surface area contributed by atoms with Crippen LogP contribution < -0.4 is 10.5 Å². The van der Waals surface area contributed by atoms with E-state index in [1.165, 1.54) is 32.1 Å². The first kappa shape index (κ1) is 16.0.